The Kier molecular flexibility index (Phi) is 5.25. The maximum atomic E-state index is 5.32. The molecule has 4 nitrogen and oxygen atoms in total. The highest BCUT2D eigenvalue weighted by Crippen LogP contribution is 2.04. The first-order valence-corrected chi connectivity index (χ1v) is 4.82. The number of hydrogen-bond acceptors (Lipinski definition) is 4. The summed E-state index contributed by atoms with van der Waals surface area (Å²) in [6, 6.07) is 1.95. The molecule has 1 aromatic rings. The fourth-order valence-corrected chi connectivity index (χ4v) is 1.14. The monoisotopic (exact) mass is 199 g/mol. The normalized spacial score (nSPS) is 10.7. The molecule has 0 saturated carbocycles. The third-order valence-corrected chi connectivity index (χ3v) is 1.83. The number of ether oxygens (including phenoxy) is 2. The molecule has 0 saturated heterocycles. The number of hydrogen-bond donors (Lipinski definition) is 0. The summed E-state index contributed by atoms with van der Waals surface area (Å²) < 4.78 is 15.1. The first-order valence-electron chi connectivity index (χ1n) is 4.82. The van der Waals surface area contributed by atoms with Gasteiger partial charge in [0, 0.05) is 19.8 Å². The van der Waals surface area contributed by atoms with Gasteiger partial charge < -0.3 is 14.0 Å². The molecule has 1 heterocycles. The molecule has 1 rings (SSSR count). The van der Waals surface area contributed by atoms with Crippen LogP contribution in [0.2, 0.25) is 0 Å². The van der Waals surface area contributed by atoms with Crippen molar-refractivity contribution in [2.75, 3.05) is 26.9 Å². The van der Waals surface area contributed by atoms with Crippen LogP contribution in [0.3, 0.4) is 0 Å². The molecule has 0 N–H and O–H groups in total. The van der Waals surface area contributed by atoms with Crippen molar-refractivity contribution >= 4 is 0 Å². The van der Waals surface area contributed by atoms with Crippen LogP contribution in [0, 0.1) is 6.92 Å². The first kappa shape index (κ1) is 11.2. The number of rotatable bonds is 7. The highest BCUT2D eigenvalue weighted by atomic mass is 16.5. The van der Waals surface area contributed by atoms with Crippen LogP contribution in [0.1, 0.15) is 17.9 Å². The number of nitrogens with zero attached hydrogens (tertiary/aromatic N) is 1. The molecule has 0 bridgehead atoms. The van der Waals surface area contributed by atoms with Crippen molar-refractivity contribution in [1.82, 2.24) is 5.16 Å². The SMILES string of the molecule is COCCOCCCc1cc(C)on1. The summed E-state index contributed by atoms with van der Waals surface area (Å²) in [5, 5.41) is 3.89. The largest absolute Gasteiger partial charge is 0.382 e. The van der Waals surface area contributed by atoms with Crippen LogP contribution in [0.4, 0.5) is 0 Å². The lowest BCUT2D eigenvalue weighted by Gasteiger charge is -2.01. The van der Waals surface area contributed by atoms with Crippen LogP contribution < -0.4 is 0 Å². The van der Waals surface area contributed by atoms with Gasteiger partial charge in [0.05, 0.1) is 18.9 Å². The molecule has 0 aromatic carbocycles. The minimum atomic E-state index is 0.656. The maximum Gasteiger partial charge on any atom is 0.133 e. The van der Waals surface area contributed by atoms with Gasteiger partial charge in [-0.1, -0.05) is 5.16 Å². The van der Waals surface area contributed by atoms with E-state index in [0.29, 0.717) is 13.2 Å². The molecule has 0 unspecified atom stereocenters. The molecule has 14 heavy (non-hydrogen) atoms. The topological polar surface area (TPSA) is 44.5 Å². The summed E-state index contributed by atoms with van der Waals surface area (Å²) in [5.41, 5.74) is 0.998. The Bertz CT molecular complexity index is 247. The molecule has 0 aliphatic rings. The summed E-state index contributed by atoms with van der Waals surface area (Å²) in [4.78, 5) is 0. The van der Waals surface area contributed by atoms with Crippen LogP contribution in [-0.2, 0) is 15.9 Å². The minimum Gasteiger partial charge on any atom is -0.382 e. The first-order chi connectivity index (χ1) is 6.83. The quantitative estimate of drug-likeness (QED) is 0.625. The predicted molar refractivity (Wildman–Crippen MR) is 52.3 cm³/mol. The molecule has 0 aliphatic heterocycles. The molecule has 0 aliphatic carbocycles. The van der Waals surface area contributed by atoms with E-state index in [9.17, 15) is 0 Å². The van der Waals surface area contributed by atoms with Gasteiger partial charge in [0.15, 0.2) is 0 Å². The lowest BCUT2D eigenvalue weighted by molar-refractivity contribution is 0.0694. The average molecular weight is 199 g/mol. The van der Waals surface area contributed by atoms with Gasteiger partial charge >= 0.3 is 0 Å². The van der Waals surface area contributed by atoms with Gasteiger partial charge in [-0.25, -0.2) is 0 Å². The zero-order valence-electron chi connectivity index (χ0n) is 8.78. The van der Waals surface area contributed by atoms with E-state index in [1.807, 2.05) is 13.0 Å². The van der Waals surface area contributed by atoms with Gasteiger partial charge in [-0.3, -0.25) is 0 Å². The molecule has 0 atom stereocenters. The Hall–Kier alpha value is -0.870. The van der Waals surface area contributed by atoms with E-state index in [1.165, 1.54) is 0 Å². The number of methoxy groups -OCH3 is 1. The van der Waals surface area contributed by atoms with Gasteiger partial charge in [-0.2, -0.15) is 0 Å². The molecule has 0 amide bonds. The molecular weight excluding hydrogens is 182 g/mol. The van der Waals surface area contributed by atoms with E-state index in [4.69, 9.17) is 14.0 Å². The number of aromatic nitrogens is 1. The van der Waals surface area contributed by atoms with E-state index < -0.39 is 0 Å². The molecule has 1 aromatic heterocycles. The van der Waals surface area contributed by atoms with Crippen molar-refractivity contribution in [3.05, 3.63) is 17.5 Å². The van der Waals surface area contributed by atoms with Crippen molar-refractivity contribution in [3.8, 4) is 0 Å². The van der Waals surface area contributed by atoms with Crippen LogP contribution in [0.25, 0.3) is 0 Å². The van der Waals surface area contributed by atoms with E-state index in [1.54, 1.807) is 7.11 Å². The van der Waals surface area contributed by atoms with E-state index in [-0.39, 0.29) is 0 Å². The van der Waals surface area contributed by atoms with E-state index in [0.717, 1.165) is 30.9 Å². The van der Waals surface area contributed by atoms with Gasteiger partial charge in [-0.05, 0) is 19.8 Å². The van der Waals surface area contributed by atoms with Gasteiger partial charge in [-0.15, -0.1) is 0 Å². The molecule has 80 valence electrons. The fourth-order valence-electron chi connectivity index (χ4n) is 1.14. The van der Waals surface area contributed by atoms with Crippen LogP contribution >= 0.6 is 0 Å². The lowest BCUT2D eigenvalue weighted by Crippen LogP contribution is -2.03. The maximum absolute atomic E-state index is 5.32. The Morgan fingerprint density at radius 1 is 1.36 bits per heavy atom. The van der Waals surface area contributed by atoms with Gasteiger partial charge in [0.1, 0.15) is 5.76 Å². The number of aryl methyl sites for hydroxylation is 2. The van der Waals surface area contributed by atoms with Gasteiger partial charge in [0.2, 0.25) is 0 Å². The Labute approximate surface area is 84.2 Å². The molecule has 4 heteroatoms. The zero-order chi connectivity index (χ0) is 10.2. The summed E-state index contributed by atoms with van der Waals surface area (Å²) in [6.07, 6.45) is 1.88. The summed E-state index contributed by atoms with van der Waals surface area (Å²) >= 11 is 0. The lowest BCUT2D eigenvalue weighted by atomic mass is 10.2. The van der Waals surface area contributed by atoms with Gasteiger partial charge in [0.25, 0.3) is 0 Å². The van der Waals surface area contributed by atoms with Crippen molar-refractivity contribution in [3.63, 3.8) is 0 Å². The van der Waals surface area contributed by atoms with Crippen LogP contribution in [0.5, 0.6) is 0 Å². The van der Waals surface area contributed by atoms with E-state index >= 15 is 0 Å². The molecular formula is C10H17NO3. The third kappa shape index (κ3) is 4.39. The van der Waals surface area contributed by atoms with Crippen molar-refractivity contribution < 1.29 is 14.0 Å². The second-order valence-electron chi connectivity index (χ2n) is 3.14. The summed E-state index contributed by atoms with van der Waals surface area (Å²) in [7, 11) is 1.67. The zero-order valence-corrected chi connectivity index (χ0v) is 8.78. The molecule has 0 fully saturated rings. The standard InChI is InChI=1S/C10H17NO3/c1-9-8-10(11-14-9)4-3-5-13-7-6-12-2/h8H,3-7H2,1-2H3. The van der Waals surface area contributed by atoms with Crippen molar-refractivity contribution in [2.24, 2.45) is 0 Å². The highest BCUT2D eigenvalue weighted by Gasteiger charge is 1.99. The van der Waals surface area contributed by atoms with E-state index in [2.05, 4.69) is 5.16 Å². The Morgan fingerprint density at radius 2 is 2.21 bits per heavy atom. The molecule has 0 radical (unpaired) electrons. The summed E-state index contributed by atoms with van der Waals surface area (Å²) in [5.74, 6) is 0.861. The fraction of sp³-hybridized carbons (Fsp3) is 0.700. The highest BCUT2D eigenvalue weighted by molar-refractivity contribution is 5.03. The average Bonchev–Trinajstić information content (AvgIpc) is 2.58. The second-order valence-corrected chi connectivity index (χ2v) is 3.14. The third-order valence-electron chi connectivity index (χ3n) is 1.83. The second kappa shape index (κ2) is 6.56. The van der Waals surface area contributed by atoms with Crippen LogP contribution in [-0.4, -0.2) is 32.1 Å². The van der Waals surface area contributed by atoms with Crippen molar-refractivity contribution in [1.29, 1.82) is 0 Å². The predicted octanol–water partition coefficient (Wildman–Crippen LogP) is 1.58. The smallest absolute Gasteiger partial charge is 0.133 e. The minimum absolute atomic E-state index is 0.656. The molecule has 0 spiro atoms. The Balaban J connectivity index is 1.99. The Morgan fingerprint density at radius 3 is 2.86 bits per heavy atom. The van der Waals surface area contributed by atoms with Crippen molar-refractivity contribution in [2.45, 2.75) is 19.8 Å². The summed E-state index contributed by atoms with van der Waals surface area (Å²) in [6.45, 7) is 3.96. The van der Waals surface area contributed by atoms with Crippen LogP contribution in [0.15, 0.2) is 10.6 Å².